The fourth-order valence-electron chi connectivity index (χ4n) is 4.89. The zero-order chi connectivity index (χ0) is 30.5. The Labute approximate surface area is 258 Å². The molecule has 1 N–H and O–H groups in total. The SMILES string of the molecule is CN1CCC(Oc2ccc3nc(NC(=O)/C(=N/OCc4ncccn4)c4ccc(S(=O)(=O)[C@H]5CCOC5)cc4)sc3n2)CC1. The smallest absolute Gasteiger partial charge is 0.280 e. The van der Waals surface area contributed by atoms with E-state index in [9.17, 15) is 13.2 Å². The maximum atomic E-state index is 13.5. The molecule has 13 nitrogen and oxygen atoms in total. The summed E-state index contributed by atoms with van der Waals surface area (Å²) >= 11 is 1.21. The summed E-state index contributed by atoms with van der Waals surface area (Å²) in [5, 5.41) is 6.58. The molecule has 1 aromatic carbocycles. The number of carbonyl (C=O) groups is 1. The van der Waals surface area contributed by atoms with Crippen molar-refractivity contribution in [1.82, 2.24) is 24.8 Å². The number of piperidine rings is 1. The standard InChI is InChI=1S/C29H31N7O6S2/c1-36-14-9-20(10-15-36)42-25-8-7-23-28(33-25)43-29(32-23)34-27(37)26(35-41-18-24-30-12-2-13-31-24)19-3-5-21(6-4-19)44(38,39)22-11-16-40-17-22/h2-8,12-13,20,22H,9-11,14-18H2,1H3,(H,32,34,37)/b35-26+/t22-/m0/s1. The van der Waals surface area contributed by atoms with Crippen molar-refractivity contribution >= 4 is 48.3 Å². The predicted octanol–water partition coefficient (Wildman–Crippen LogP) is 3.08. The number of aromatic nitrogens is 4. The Morgan fingerprint density at radius 3 is 2.59 bits per heavy atom. The Morgan fingerprint density at radius 2 is 1.86 bits per heavy atom. The molecule has 0 radical (unpaired) electrons. The normalized spacial score (nSPS) is 18.4. The van der Waals surface area contributed by atoms with Gasteiger partial charge in [0.2, 0.25) is 5.88 Å². The molecule has 0 bridgehead atoms. The number of oxime groups is 1. The number of sulfone groups is 1. The van der Waals surface area contributed by atoms with Crippen molar-refractivity contribution in [2.24, 2.45) is 5.16 Å². The number of hydrogen-bond donors (Lipinski definition) is 1. The molecule has 1 amide bonds. The fraction of sp³-hybridized carbons (Fsp3) is 0.379. The number of benzene rings is 1. The van der Waals surface area contributed by atoms with Crippen LogP contribution in [-0.2, 0) is 30.8 Å². The first-order valence-corrected chi connectivity index (χ1v) is 16.5. The zero-order valence-corrected chi connectivity index (χ0v) is 25.6. The number of anilines is 1. The molecule has 0 aliphatic carbocycles. The molecule has 15 heteroatoms. The van der Waals surface area contributed by atoms with Crippen LogP contribution in [-0.4, -0.2) is 89.6 Å². The minimum Gasteiger partial charge on any atom is -0.474 e. The molecule has 0 unspecified atom stereocenters. The van der Waals surface area contributed by atoms with E-state index in [4.69, 9.17) is 14.3 Å². The van der Waals surface area contributed by atoms with Gasteiger partial charge in [-0.1, -0.05) is 28.6 Å². The van der Waals surface area contributed by atoms with Crippen LogP contribution in [0.15, 0.2) is 64.9 Å². The first kappa shape index (κ1) is 30.0. The van der Waals surface area contributed by atoms with Gasteiger partial charge in [0.25, 0.3) is 5.91 Å². The van der Waals surface area contributed by atoms with Gasteiger partial charge in [-0.05, 0) is 50.6 Å². The van der Waals surface area contributed by atoms with Gasteiger partial charge in [0.15, 0.2) is 33.1 Å². The molecule has 5 heterocycles. The molecule has 0 spiro atoms. The largest absolute Gasteiger partial charge is 0.474 e. The lowest BCUT2D eigenvalue weighted by Gasteiger charge is -2.28. The number of ether oxygens (including phenoxy) is 2. The highest BCUT2D eigenvalue weighted by atomic mass is 32.2. The molecule has 230 valence electrons. The van der Waals surface area contributed by atoms with E-state index >= 15 is 0 Å². The average Bonchev–Trinajstić information content (AvgIpc) is 3.72. The summed E-state index contributed by atoms with van der Waals surface area (Å²) in [6.45, 7) is 2.46. The number of carbonyl (C=O) groups excluding carboxylic acids is 1. The van der Waals surface area contributed by atoms with Crippen LogP contribution in [0, 0.1) is 0 Å². The number of amides is 1. The third-order valence-corrected chi connectivity index (χ3v) is 10.4. The predicted molar refractivity (Wildman–Crippen MR) is 163 cm³/mol. The number of rotatable bonds is 10. The van der Waals surface area contributed by atoms with Gasteiger partial charge in [-0.15, -0.1) is 0 Å². The van der Waals surface area contributed by atoms with Crippen LogP contribution in [0.3, 0.4) is 0 Å². The molecular formula is C29H31N7O6S2. The van der Waals surface area contributed by atoms with Gasteiger partial charge in [-0.2, -0.15) is 0 Å². The summed E-state index contributed by atoms with van der Waals surface area (Å²) in [6, 6.07) is 11.2. The van der Waals surface area contributed by atoms with Crippen LogP contribution >= 0.6 is 11.3 Å². The number of nitrogens with one attached hydrogen (secondary N) is 1. The quantitative estimate of drug-likeness (QED) is 0.201. The van der Waals surface area contributed by atoms with Gasteiger partial charge in [0, 0.05) is 43.7 Å². The summed E-state index contributed by atoms with van der Waals surface area (Å²) in [4.78, 5) is 39.3. The Bertz CT molecular complexity index is 1740. The number of nitrogens with zero attached hydrogens (tertiary/aromatic N) is 6. The lowest BCUT2D eigenvalue weighted by molar-refractivity contribution is -0.110. The molecule has 2 saturated heterocycles. The summed E-state index contributed by atoms with van der Waals surface area (Å²) in [6.07, 6.45) is 5.56. The number of likely N-dealkylation sites (tertiary alicyclic amines) is 1. The minimum atomic E-state index is -3.57. The average molecular weight is 638 g/mol. The molecule has 3 aromatic heterocycles. The molecular weight excluding hydrogens is 606 g/mol. The lowest BCUT2D eigenvalue weighted by Crippen LogP contribution is -2.35. The third-order valence-electron chi connectivity index (χ3n) is 7.37. The second-order valence-corrected chi connectivity index (χ2v) is 13.7. The topological polar surface area (TPSA) is 158 Å². The van der Waals surface area contributed by atoms with E-state index in [1.165, 1.54) is 35.6 Å². The summed E-state index contributed by atoms with van der Waals surface area (Å²) < 4.78 is 37.4. The van der Waals surface area contributed by atoms with Gasteiger partial charge >= 0.3 is 0 Å². The maximum Gasteiger partial charge on any atom is 0.280 e. The summed E-state index contributed by atoms with van der Waals surface area (Å²) in [5.74, 6) is 0.305. The van der Waals surface area contributed by atoms with Gasteiger partial charge in [0.1, 0.15) is 16.5 Å². The minimum absolute atomic E-state index is 0.0725. The van der Waals surface area contributed by atoms with Crippen LogP contribution in [0.4, 0.5) is 5.13 Å². The Balaban J connectivity index is 1.20. The molecule has 1 atom stereocenters. The number of fused-ring (bicyclic) bond motifs is 1. The lowest BCUT2D eigenvalue weighted by atomic mass is 10.1. The number of thiazole rings is 1. The zero-order valence-electron chi connectivity index (χ0n) is 24.0. The highest BCUT2D eigenvalue weighted by Gasteiger charge is 2.31. The highest BCUT2D eigenvalue weighted by Crippen LogP contribution is 2.28. The third kappa shape index (κ3) is 7.01. The van der Waals surface area contributed by atoms with Gasteiger partial charge < -0.3 is 19.2 Å². The van der Waals surface area contributed by atoms with E-state index in [2.05, 4.69) is 42.4 Å². The number of pyridine rings is 1. The van der Waals surface area contributed by atoms with Gasteiger partial charge in [-0.25, -0.2) is 28.4 Å². The maximum absolute atomic E-state index is 13.5. The van der Waals surface area contributed by atoms with Crippen LogP contribution in [0.5, 0.6) is 5.88 Å². The van der Waals surface area contributed by atoms with Crippen LogP contribution in [0.1, 0.15) is 30.7 Å². The van der Waals surface area contributed by atoms with E-state index in [-0.39, 0.29) is 29.9 Å². The van der Waals surface area contributed by atoms with Crippen molar-refractivity contribution in [3.05, 3.63) is 66.2 Å². The van der Waals surface area contributed by atoms with E-state index in [1.807, 2.05) is 6.07 Å². The molecule has 0 saturated carbocycles. The van der Waals surface area contributed by atoms with Crippen molar-refractivity contribution in [3.8, 4) is 5.88 Å². The second-order valence-electron chi connectivity index (χ2n) is 10.5. The number of hydrogen-bond acceptors (Lipinski definition) is 13. The molecule has 2 aliphatic heterocycles. The molecule has 44 heavy (non-hydrogen) atoms. The Morgan fingerprint density at radius 1 is 1.09 bits per heavy atom. The van der Waals surface area contributed by atoms with Crippen molar-refractivity contribution in [3.63, 3.8) is 0 Å². The second kappa shape index (κ2) is 13.3. The van der Waals surface area contributed by atoms with Crippen molar-refractivity contribution in [2.75, 3.05) is 38.7 Å². The monoisotopic (exact) mass is 637 g/mol. The van der Waals surface area contributed by atoms with Gasteiger partial charge in [-0.3, -0.25) is 10.1 Å². The molecule has 6 rings (SSSR count). The Hall–Kier alpha value is -4.05. The fourth-order valence-corrected chi connectivity index (χ4v) is 7.29. The summed E-state index contributed by atoms with van der Waals surface area (Å²) in [7, 11) is -1.48. The van der Waals surface area contributed by atoms with E-state index < -0.39 is 21.0 Å². The van der Waals surface area contributed by atoms with Crippen molar-refractivity contribution in [2.45, 2.75) is 42.1 Å². The highest BCUT2D eigenvalue weighted by molar-refractivity contribution is 7.92. The van der Waals surface area contributed by atoms with Crippen LogP contribution < -0.4 is 10.1 Å². The van der Waals surface area contributed by atoms with E-state index in [0.717, 1.165) is 25.9 Å². The van der Waals surface area contributed by atoms with Gasteiger partial charge in [0.05, 0.1) is 16.8 Å². The first-order valence-electron chi connectivity index (χ1n) is 14.2. The van der Waals surface area contributed by atoms with Crippen LogP contribution in [0.2, 0.25) is 0 Å². The van der Waals surface area contributed by atoms with Crippen molar-refractivity contribution < 1.29 is 27.5 Å². The summed E-state index contributed by atoms with van der Waals surface area (Å²) in [5.41, 5.74) is 0.890. The van der Waals surface area contributed by atoms with Crippen LogP contribution in [0.25, 0.3) is 10.3 Å². The molecule has 2 fully saturated rings. The first-order chi connectivity index (χ1) is 21.3. The molecule has 4 aromatic rings. The molecule has 2 aliphatic rings. The van der Waals surface area contributed by atoms with Crippen molar-refractivity contribution in [1.29, 1.82) is 0 Å². The van der Waals surface area contributed by atoms with E-state index in [1.54, 1.807) is 24.5 Å². The van der Waals surface area contributed by atoms with E-state index in [0.29, 0.717) is 45.8 Å². The Kier molecular flexibility index (Phi) is 9.07.